The van der Waals surface area contributed by atoms with Crippen molar-refractivity contribution in [3.05, 3.63) is 29.3 Å². The maximum atomic E-state index is 6.02. The first-order valence-corrected chi connectivity index (χ1v) is 6.13. The molecule has 0 atom stereocenters. The Labute approximate surface area is 98.0 Å². The molecule has 2 heteroatoms. The Bertz CT molecular complexity index is 371. The van der Waals surface area contributed by atoms with E-state index in [0.717, 1.165) is 25.3 Å². The highest BCUT2D eigenvalue weighted by molar-refractivity contribution is 5.45. The Morgan fingerprint density at radius 2 is 2.19 bits per heavy atom. The monoisotopic (exact) mass is 219 g/mol. The predicted molar refractivity (Wildman–Crippen MR) is 66.9 cm³/mol. The van der Waals surface area contributed by atoms with Crippen LogP contribution in [-0.2, 0) is 13.0 Å². The fourth-order valence-corrected chi connectivity index (χ4v) is 2.22. The summed E-state index contributed by atoms with van der Waals surface area (Å²) in [6.07, 6.45) is 2.19. The highest BCUT2D eigenvalue weighted by Gasteiger charge is 2.31. The number of fused-ring (bicyclic) bond motifs is 1. The first-order chi connectivity index (χ1) is 7.62. The summed E-state index contributed by atoms with van der Waals surface area (Å²) in [7, 11) is 0. The zero-order chi connectivity index (χ0) is 11.6. The average Bonchev–Trinajstić information content (AvgIpc) is 2.53. The fourth-order valence-electron chi connectivity index (χ4n) is 2.22. The van der Waals surface area contributed by atoms with E-state index < -0.39 is 0 Å². The molecule has 0 spiro atoms. The summed E-state index contributed by atoms with van der Waals surface area (Å²) in [5.74, 6) is 1.11. The minimum Gasteiger partial charge on any atom is -0.487 e. The normalized spacial score (nSPS) is 16.9. The van der Waals surface area contributed by atoms with Gasteiger partial charge in [0.25, 0.3) is 0 Å². The molecule has 1 aliphatic rings. The van der Waals surface area contributed by atoms with Crippen LogP contribution in [0.25, 0.3) is 0 Å². The molecule has 1 N–H and O–H groups in total. The topological polar surface area (TPSA) is 21.3 Å². The molecular weight excluding hydrogens is 198 g/mol. The lowest BCUT2D eigenvalue weighted by molar-refractivity contribution is 0.137. The van der Waals surface area contributed by atoms with E-state index in [9.17, 15) is 0 Å². The van der Waals surface area contributed by atoms with Crippen molar-refractivity contribution in [2.75, 3.05) is 6.54 Å². The van der Waals surface area contributed by atoms with Gasteiger partial charge in [0.05, 0.1) is 0 Å². The number of hydrogen-bond donors (Lipinski definition) is 1. The SMILES string of the molecule is CCCNCc1cccc2c1OC(C)(C)C2. The van der Waals surface area contributed by atoms with Crippen molar-refractivity contribution in [2.45, 2.75) is 45.8 Å². The molecule has 0 bridgehead atoms. The molecule has 0 aliphatic carbocycles. The molecular formula is C14H21NO. The molecule has 0 aromatic heterocycles. The quantitative estimate of drug-likeness (QED) is 0.786. The molecule has 0 saturated carbocycles. The van der Waals surface area contributed by atoms with E-state index in [2.05, 4.69) is 44.3 Å². The van der Waals surface area contributed by atoms with Gasteiger partial charge in [-0.2, -0.15) is 0 Å². The van der Waals surface area contributed by atoms with Gasteiger partial charge in [0, 0.05) is 18.5 Å². The number of nitrogens with one attached hydrogen (secondary N) is 1. The van der Waals surface area contributed by atoms with Crippen LogP contribution in [0.1, 0.15) is 38.3 Å². The van der Waals surface area contributed by atoms with Gasteiger partial charge in [-0.25, -0.2) is 0 Å². The molecule has 1 aromatic rings. The summed E-state index contributed by atoms with van der Waals surface area (Å²) in [5, 5.41) is 3.43. The second kappa shape index (κ2) is 4.46. The number of benzene rings is 1. The Kier molecular flexibility index (Phi) is 3.20. The van der Waals surface area contributed by atoms with E-state index in [1.165, 1.54) is 17.5 Å². The molecule has 2 nitrogen and oxygen atoms in total. The molecule has 0 saturated heterocycles. The summed E-state index contributed by atoms with van der Waals surface area (Å²) in [6, 6.07) is 6.46. The van der Waals surface area contributed by atoms with Crippen molar-refractivity contribution in [1.29, 1.82) is 0 Å². The zero-order valence-corrected chi connectivity index (χ0v) is 10.5. The van der Waals surface area contributed by atoms with E-state index >= 15 is 0 Å². The molecule has 0 radical (unpaired) electrons. The number of ether oxygens (including phenoxy) is 1. The molecule has 1 aromatic carbocycles. The molecule has 88 valence electrons. The van der Waals surface area contributed by atoms with Crippen LogP contribution in [0.3, 0.4) is 0 Å². The van der Waals surface area contributed by atoms with E-state index in [4.69, 9.17) is 4.74 Å². The van der Waals surface area contributed by atoms with Crippen molar-refractivity contribution >= 4 is 0 Å². The highest BCUT2D eigenvalue weighted by atomic mass is 16.5. The van der Waals surface area contributed by atoms with Crippen molar-refractivity contribution in [2.24, 2.45) is 0 Å². The van der Waals surface area contributed by atoms with E-state index in [-0.39, 0.29) is 5.60 Å². The Morgan fingerprint density at radius 1 is 1.38 bits per heavy atom. The van der Waals surface area contributed by atoms with Gasteiger partial charge in [-0.15, -0.1) is 0 Å². The van der Waals surface area contributed by atoms with Crippen molar-refractivity contribution in [1.82, 2.24) is 5.32 Å². The third-order valence-electron chi connectivity index (χ3n) is 2.91. The van der Waals surface area contributed by atoms with Gasteiger partial charge in [-0.3, -0.25) is 0 Å². The van der Waals surface area contributed by atoms with Crippen LogP contribution < -0.4 is 10.1 Å². The van der Waals surface area contributed by atoms with Crippen LogP contribution in [0.4, 0.5) is 0 Å². The molecule has 1 heterocycles. The minimum absolute atomic E-state index is 0.0385. The molecule has 2 rings (SSSR count). The summed E-state index contributed by atoms with van der Waals surface area (Å²) in [4.78, 5) is 0. The lowest BCUT2D eigenvalue weighted by Crippen LogP contribution is -2.25. The number of hydrogen-bond acceptors (Lipinski definition) is 2. The number of para-hydroxylation sites is 1. The second-order valence-corrected chi connectivity index (χ2v) is 5.12. The van der Waals surface area contributed by atoms with E-state index in [0.29, 0.717) is 0 Å². The lowest BCUT2D eigenvalue weighted by atomic mass is 10.0. The molecule has 16 heavy (non-hydrogen) atoms. The average molecular weight is 219 g/mol. The van der Waals surface area contributed by atoms with E-state index in [1.807, 2.05) is 0 Å². The predicted octanol–water partition coefficient (Wildman–Crippen LogP) is 2.90. The molecule has 0 unspecified atom stereocenters. The van der Waals surface area contributed by atoms with Gasteiger partial charge < -0.3 is 10.1 Å². The summed E-state index contributed by atoms with van der Waals surface area (Å²) in [6.45, 7) is 8.45. The largest absolute Gasteiger partial charge is 0.487 e. The Balaban J connectivity index is 2.14. The third kappa shape index (κ3) is 2.38. The van der Waals surface area contributed by atoms with Gasteiger partial charge in [0.15, 0.2) is 0 Å². The fraction of sp³-hybridized carbons (Fsp3) is 0.571. The Hall–Kier alpha value is -1.02. The summed E-state index contributed by atoms with van der Waals surface area (Å²) < 4.78 is 6.02. The van der Waals surface area contributed by atoms with Crippen LogP contribution in [0.2, 0.25) is 0 Å². The molecule has 0 amide bonds. The first kappa shape index (κ1) is 11.5. The van der Waals surface area contributed by atoms with Gasteiger partial charge in [-0.1, -0.05) is 25.1 Å². The maximum absolute atomic E-state index is 6.02. The highest BCUT2D eigenvalue weighted by Crippen LogP contribution is 2.37. The van der Waals surface area contributed by atoms with E-state index in [1.54, 1.807) is 0 Å². The van der Waals surface area contributed by atoms with Gasteiger partial charge >= 0.3 is 0 Å². The maximum Gasteiger partial charge on any atom is 0.127 e. The molecule has 0 fully saturated rings. The summed E-state index contributed by atoms with van der Waals surface area (Å²) >= 11 is 0. The van der Waals surface area contributed by atoms with Crippen LogP contribution in [0.15, 0.2) is 18.2 Å². The van der Waals surface area contributed by atoms with Crippen molar-refractivity contribution in [3.8, 4) is 5.75 Å². The lowest BCUT2D eigenvalue weighted by Gasteiger charge is -2.18. The standard InChI is InChI=1S/C14H21NO/c1-4-8-15-10-12-7-5-6-11-9-14(2,3)16-13(11)12/h5-7,15H,4,8-10H2,1-3H3. The Morgan fingerprint density at radius 3 is 2.94 bits per heavy atom. The smallest absolute Gasteiger partial charge is 0.127 e. The molecule has 1 aliphatic heterocycles. The zero-order valence-electron chi connectivity index (χ0n) is 10.5. The second-order valence-electron chi connectivity index (χ2n) is 5.12. The minimum atomic E-state index is -0.0385. The van der Waals surface area contributed by atoms with Crippen molar-refractivity contribution in [3.63, 3.8) is 0 Å². The van der Waals surface area contributed by atoms with Crippen molar-refractivity contribution < 1.29 is 4.74 Å². The summed E-state index contributed by atoms with van der Waals surface area (Å²) in [5.41, 5.74) is 2.60. The number of rotatable bonds is 4. The van der Waals surface area contributed by atoms with Gasteiger partial charge in [0.2, 0.25) is 0 Å². The van der Waals surface area contributed by atoms with Crippen LogP contribution >= 0.6 is 0 Å². The van der Waals surface area contributed by atoms with Gasteiger partial charge in [-0.05, 0) is 32.4 Å². The third-order valence-corrected chi connectivity index (χ3v) is 2.91. The first-order valence-electron chi connectivity index (χ1n) is 6.13. The van der Waals surface area contributed by atoms with Crippen LogP contribution in [0.5, 0.6) is 5.75 Å². The van der Waals surface area contributed by atoms with Gasteiger partial charge in [0.1, 0.15) is 11.4 Å². The van der Waals surface area contributed by atoms with Crippen LogP contribution in [-0.4, -0.2) is 12.1 Å². The van der Waals surface area contributed by atoms with Crippen LogP contribution in [0, 0.1) is 0 Å².